The van der Waals surface area contributed by atoms with Gasteiger partial charge in [-0.25, -0.2) is 0 Å². The van der Waals surface area contributed by atoms with Crippen LogP contribution in [0.4, 0.5) is 0 Å². The number of rotatable bonds is 7. The van der Waals surface area contributed by atoms with Gasteiger partial charge in [0.25, 0.3) is 0 Å². The molecular formula is C14H30IN3OS. The number of thioether (sulfide) groups is 1. The van der Waals surface area contributed by atoms with Crippen molar-refractivity contribution in [2.24, 2.45) is 4.99 Å². The lowest BCUT2D eigenvalue weighted by Gasteiger charge is -2.34. The summed E-state index contributed by atoms with van der Waals surface area (Å²) in [6.07, 6.45) is 3.58. The molecule has 1 N–H and O–H groups in total. The van der Waals surface area contributed by atoms with Crippen LogP contribution in [0.3, 0.4) is 0 Å². The van der Waals surface area contributed by atoms with Gasteiger partial charge in [-0.05, 0) is 12.8 Å². The fourth-order valence-electron chi connectivity index (χ4n) is 2.07. The molecule has 1 atom stereocenters. The van der Waals surface area contributed by atoms with Crippen molar-refractivity contribution in [3.8, 4) is 0 Å². The number of halogens is 1. The van der Waals surface area contributed by atoms with Crippen LogP contribution in [-0.2, 0) is 4.74 Å². The van der Waals surface area contributed by atoms with Crippen molar-refractivity contribution in [1.82, 2.24) is 10.2 Å². The van der Waals surface area contributed by atoms with Gasteiger partial charge in [-0.15, -0.1) is 24.0 Å². The van der Waals surface area contributed by atoms with E-state index in [1.54, 1.807) is 0 Å². The van der Waals surface area contributed by atoms with Crippen molar-refractivity contribution in [3.05, 3.63) is 0 Å². The van der Waals surface area contributed by atoms with Crippen molar-refractivity contribution in [1.29, 1.82) is 0 Å². The van der Waals surface area contributed by atoms with Gasteiger partial charge in [0.15, 0.2) is 5.96 Å². The highest BCUT2D eigenvalue weighted by Gasteiger charge is 2.21. The normalized spacial score (nSPS) is 19.6. The highest BCUT2D eigenvalue weighted by molar-refractivity contribution is 14.0. The Morgan fingerprint density at radius 2 is 2.20 bits per heavy atom. The van der Waals surface area contributed by atoms with E-state index in [1.165, 1.54) is 18.6 Å². The molecule has 0 aliphatic carbocycles. The molecule has 0 spiro atoms. The summed E-state index contributed by atoms with van der Waals surface area (Å²) in [6, 6.07) is 0. The molecular weight excluding hydrogens is 385 g/mol. The number of hydrogen-bond donors (Lipinski definition) is 1. The summed E-state index contributed by atoms with van der Waals surface area (Å²) in [5.41, 5.74) is 0. The second-order valence-electron chi connectivity index (χ2n) is 4.79. The summed E-state index contributed by atoms with van der Waals surface area (Å²) in [4.78, 5) is 6.75. The first kappa shape index (κ1) is 20.3. The van der Waals surface area contributed by atoms with Gasteiger partial charge < -0.3 is 15.0 Å². The molecule has 1 aliphatic rings. The van der Waals surface area contributed by atoms with Crippen LogP contribution >= 0.6 is 35.7 Å². The van der Waals surface area contributed by atoms with Crippen molar-refractivity contribution in [3.63, 3.8) is 0 Å². The van der Waals surface area contributed by atoms with Gasteiger partial charge in [0.2, 0.25) is 0 Å². The van der Waals surface area contributed by atoms with Crippen LogP contribution in [0.5, 0.6) is 0 Å². The van der Waals surface area contributed by atoms with Gasteiger partial charge in [-0.3, -0.25) is 4.99 Å². The quantitative estimate of drug-likeness (QED) is 0.300. The molecule has 0 bridgehead atoms. The van der Waals surface area contributed by atoms with Crippen LogP contribution in [0.25, 0.3) is 0 Å². The zero-order chi connectivity index (χ0) is 13.9. The summed E-state index contributed by atoms with van der Waals surface area (Å²) in [6.45, 7) is 9.13. The third-order valence-corrected chi connectivity index (χ3v) is 4.65. The van der Waals surface area contributed by atoms with Crippen molar-refractivity contribution in [2.75, 3.05) is 45.6 Å². The highest BCUT2D eigenvalue weighted by atomic mass is 127. The van der Waals surface area contributed by atoms with Crippen LogP contribution < -0.4 is 5.32 Å². The van der Waals surface area contributed by atoms with Crippen LogP contribution in [0.15, 0.2) is 4.99 Å². The largest absolute Gasteiger partial charge is 0.380 e. The van der Waals surface area contributed by atoms with Crippen molar-refractivity contribution >= 4 is 41.7 Å². The average molecular weight is 415 g/mol. The van der Waals surface area contributed by atoms with E-state index in [1.807, 2.05) is 7.05 Å². The van der Waals surface area contributed by atoms with Crippen molar-refractivity contribution in [2.45, 2.75) is 38.4 Å². The predicted octanol–water partition coefficient (Wildman–Crippen LogP) is 2.82. The molecule has 0 aromatic rings. The van der Waals surface area contributed by atoms with E-state index in [2.05, 4.69) is 40.8 Å². The molecule has 20 heavy (non-hydrogen) atoms. The lowest BCUT2D eigenvalue weighted by atomic mass is 10.3. The van der Waals surface area contributed by atoms with Gasteiger partial charge in [-0.2, -0.15) is 11.8 Å². The van der Waals surface area contributed by atoms with Crippen LogP contribution in [-0.4, -0.2) is 61.8 Å². The molecule has 1 rings (SSSR count). The molecule has 1 heterocycles. The Labute approximate surface area is 145 Å². The van der Waals surface area contributed by atoms with Crippen LogP contribution in [0, 0.1) is 0 Å². The minimum atomic E-state index is 0. The maximum absolute atomic E-state index is 5.56. The number of nitrogens with one attached hydrogen (secondary N) is 1. The van der Waals surface area contributed by atoms with Gasteiger partial charge in [0.1, 0.15) is 0 Å². The SMILES string of the molecule is CCCCOCCNC(=NC)N1CCSC(CC)C1.I. The van der Waals surface area contributed by atoms with Gasteiger partial charge in [0.05, 0.1) is 6.61 Å². The first-order chi connectivity index (χ1) is 9.31. The summed E-state index contributed by atoms with van der Waals surface area (Å²) < 4.78 is 5.56. The number of ether oxygens (including phenoxy) is 1. The summed E-state index contributed by atoms with van der Waals surface area (Å²) >= 11 is 2.08. The predicted molar refractivity (Wildman–Crippen MR) is 101 cm³/mol. The lowest BCUT2D eigenvalue weighted by Crippen LogP contribution is -2.48. The Bertz CT molecular complexity index is 267. The van der Waals surface area contributed by atoms with Crippen LogP contribution in [0.2, 0.25) is 0 Å². The molecule has 1 aliphatic heterocycles. The van der Waals surface area contributed by atoms with E-state index in [4.69, 9.17) is 4.74 Å². The standard InChI is InChI=1S/C14H29N3OS.HI/c1-4-6-9-18-10-7-16-14(15-3)17-8-11-19-13(5-2)12-17;/h13H,4-12H2,1-3H3,(H,15,16);1H. The third kappa shape index (κ3) is 7.93. The first-order valence-corrected chi connectivity index (χ1v) is 8.51. The topological polar surface area (TPSA) is 36.9 Å². The van der Waals surface area contributed by atoms with Crippen LogP contribution in [0.1, 0.15) is 33.1 Å². The lowest BCUT2D eigenvalue weighted by molar-refractivity contribution is 0.135. The summed E-state index contributed by atoms with van der Waals surface area (Å²) in [7, 11) is 1.86. The number of nitrogens with zero attached hydrogens (tertiary/aromatic N) is 2. The molecule has 0 saturated carbocycles. The van der Waals surface area contributed by atoms with E-state index in [-0.39, 0.29) is 24.0 Å². The van der Waals surface area contributed by atoms with E-state index in [0.29, 0.717) is 0 Å². The fraction of sp³-hybridized carbons (Fsp3) is 0.929. The smallest absolute Gasteiger partial charge is 0.193 e. The summed E-state index contributed by atoms with van der Waals surface area (Å²) in [5.74, 6) is 2.23. The number of guanidine groups is 1. The highest BCUT2D eigenvalue weighted by Crippen LogP contribution is 2.20. The number of unbranched alkanes of at least 4 members (excludes halogenated alkanes) is 1. The van der Waals surface area contributed by atoms with Crippen molar-refractivity contribution < 1.29 is 4.74 Å². The fourth-order valence-corrected chi connectivity index (χ4v) is 3.25. The number of hydrogen-bond acceptors (Lipinski definition) is 3. The minimum Gasteiger partial charge on any atom is -0.380 e. The molecule has 0 amide bonds. The maximum Gasteiger partial charge on any atom is 0.193 e. The second-order valence-corrected chi connectivity index (χ2v) is 6.20. The van der Waals surface area contributed by atoms with E-state index < -0.39 is 0 Å². The Morgan fingerprint density at radius 3 is 2.85 bits per heavy atom. The molecule has 1 fully saturated rings. The number of aliphatic imine (C=N–C) groups is 1. The molecule has 1 saturated heterocycles. The second kappa shape index (κ2) is 13.0. The zero-order valence-corrected chi connectivity index (χ0v) is 16.2. The first-order valence-electron chi connectivity index (χ1n) is 7.46. The molecule has 1 unspecified atom stereocenters. The average Bonchev–Trinajstić information content (AvgIpc) is 2.46. The Kier molecular flexibility index (Phi) is 13.2. The van der Waals surface area contributed by atoms with Gasteiger partial charge in [0, 0.05) is 44.3 Å². The monoisotopic (exact) mass is 415 g/mol. The zero-order valence-electron chi connectivity index (χ0n) is 13.1. The third-order valence-electron chi connectivity index (χ3n) is 3.28. The van der Waals surface area contributed by atoms with E-state index in [0.717, 1.165) is 50.5 Å². The Morgan fingerprint density at radius 1 is 1.40 bits per heavy atom. The molecule has 6 heteroatoms. The molecule has 0 aromatic carbocycles. The van der Waals surface area contributed by atoms with Gasteiger partial charge in [-0.1, -0.05) is 20.3 Å². The Hall–Kier alpha value is 0.310. The summed E-state index contributed by atoms with van der Waals surface area (Å²) in [5, 5.41) is 4.15. The molecule has 4 nitrogen and oxygen atoms in total. The van der Waals surface area contributed by atoms with E-state index >= 15 is 0 Å². The Balaban J connectivity index is 0.00000361. The van der Waals surface area contributed by atoms with E-state index in [9.17, 15) is 0 Å². The van der Waals surface area contributed by atoms with Gasteiger partial charge >= 0.3 is 0 Å². The molecule has 0 radical (unpaired) electrons. The maximum atomic E-state index is 5.56. The minimum absolute atomic E-state index is 0. The molecule has 120 valence electrons. The molecule has 0 aromatic heterocycles.